The van der Waals surface area contributed by atoms with Crippen molar-refractivity contribution in [3.8, 4) is 0 Å². The number of carbonyl (C=O) groups excluding carboxylic acids is 1. The van der Waals surface area contributed by atoms with Crippen molar-refractivity contribution in [1.82, 2.24) is 4.98 Å². The van der Waals surface area contributed by atoms with Gasteiger partial charge in [0.2, 0.25) is 0 Å². The van der Waals surface area contributed by atoms with E-state index in [4.69, 9.17) is 4.74 Å². The Bertz CT molecular complexity index is 956. The summed E-state index contributed by atoms with van der Waals surface area (Å²) in [5.41, 5.74) is 1.93. The number of non-ortho nitro benzene ring substituents is 1. The minimum atomic E-state index is -0.506. The van der Waals surface area contributed by atoms with Gasteiger partial charge in [0.1, 0.15) is 5.56 Å². The fraction of sp³-hybridized carbons (Fsp3) is 0.111. The molecule has 3 aromatic rings. The fourth-order valence-electron chi connectivity index (χ4n) is 2.48. The van der Waals surface area contributed by atoms with E-state index in [-0.39, 0.29) is 17.9 Å². The van der Waals surface area contributed by atoms with Gasteiger partial charge in [-0.2, -0.15) is 0 Å². The molecular weight excluding hydrogens is 322 g/mol. The molecule has 0 saturated heterocycles. The van der Waals surface area contributed by atoms with E-state index in [0.29, 0.717) is 16.9 Å². The molecule has 1 N–H and O–H groups in total. The van der Waals surface area contributed by atoms with Crippen molar-refractivity contribution in [2.45, 2.75) is 6.92 Å². The summed E-state index contributed by atoms with van der Waals surface area (Å²) >= 11 is 0. The van der Waals surface area contributed by atoms with Crippen LogP contribution in [0, 0.1) is 10.1 Å². The summed E-state index contributed by atoms with van der Waals surface area (Å²) in [4.78, 5) is 27.0. The van der Waals surface area contributed by atoms with Crippen molar-refractivity contribution in [2.75, 3.05) is 11.9 Å². The molecule has 0 atom stereocenters. The Kier molecular flexibility index (Phi) is 4.56. The van der Waals surface area contributed by atoms with Gasteiger partial charge < -0.3 is 10.1 Å². The highest BCUT2D eigenvalue weighted by Crippen LogP contribution is 2.30. The van der Waals surface area contributed by atoms with Crippen LogP contribution in [0.4, 0.5) is 17.1 Å². The smallest absolute Gasteiger partial charge is 0.341 e. The number of fused-ring (bicyclic) bond motifs is 1. The average Bonchev–Trinajstić information content (AvgIpc) is 2.62. The second kappa shape index (κ2) is 6.96. The second-order valence-electron chi connectivity index (χ2n) is 5.22. The number of hydrogen-bond acceptors (Lipinski definition) is 6. The average molecular weight is 337 g/mol. The topological polar surface area (TPSA) is 94.4 Å². The number of esters is 1. The highest BCUT2D eigenvalue weighted by atomic mass is 16.6. The van der Waals surface area contributed by atoms with Gasteiger partial charge in [0.25, 0.3) is 5.69 Å². The third-order valence-corrected chi connectivity index (χ3v) is 3.60. The number of para-hydroxylation sites is 1. The summed E-state index contributed by atoms with van der Waals surface area (Å²) in [5.74, 6) is -0.506. The van der Waals surface area contributed by atoms with E-state index >= 15 is 0 Å². The zero-order chi connectivity index (χ0) is 17.8. The van der Waals surface area contributed by atoms with Crippen LogP contribution in [-0.2, 0) is 4.74 Å². The summed E-state index contributed by atoms with van der Waals surface area (Å²) in [7, 11) is 0. The van der Waals surface area contributed by atoms with Gasteiger partial charge in [0, 0.05) is 29.4 Å². The molecule has 2 aromatic carbocycles. The zero-order valence-electron chi connectivity index (χ0n) is 13.4. The zero-order valence-corrected chi connectivity index (χ0v) is 13.4. The molecule has 126 valence electrons. The number of anilines is 2. The molecule has 0 saturated carbocycles. The maximum Gasteiger partial charge on any atom is 0.341 e. The summed E-state index contributed by atoms with van der Waals surface area (Å²) in [5, 5.41) is 14.8. The third-order valence-electron chi connectivity index (χ3n) is 3.60. The van der Waals surface area contributed by atoms with Gasteiger partial charge in [-0.1, -0.05) is 24.3 Å². The number of hydrogen-bond donors (Lipinski definition) is 1. The van der Waals surface area contributed by atoms with Crippen LogP contribution in [0.5, 0.6) is 0 Å². The van der Waals surface area contributed by atoms with E-state index in [0.717, 1.165) is 5.39 Å². The molecule has 0 amide bonds. The maximum atomic E-state index is 12.3. The molecule has 0 aliphatic rings. The minimum absolute atomic E-state index is 0.0407. The second-order valence-corrected chi connectivity index (χ2v) is 5.22. The summed E-state index contributed by atoms with van der Waals surface area (Å²) in [6, 6.07) is 13.4. The molecule has 0 bridgehead atoms. The number of benzene rings is 2. The number of carbonyl (C=O) groups is 1. The van der Waals surface area contributed by atoms with Gasteiger partial charge in [-0.15, -0.1) is 0 Å². The number of nitro benzene ring substituents is 1. The van der Waals surface area contributed by atoms with E-state index < -0.39 is 10.9 Å². The molecule has 0 unspecified atom stereocenters. The lowest BCUT2D eigenvalue weighted by molar-refractivity contribution is -0.384. The molecule has 7 heteroatoms. The highest BCUT2D eigenvalue weighted by molar-refractivity contribution is 6.06. The van der Waals surface area contributed by atoms with Crippen LogP contribution in [0.3, 0.4) is 0 Å². The lowest BCUT2D eigenvalue weighted by Gasteiger charge is -2.14. The van der Waals surface area contributed by atoms with Crippen LogP contribution in [0.15, 0.2) is 54.7 Å². The molecule has 0 aliphatic heterocycles. The van der Waals surface area contributed by atoms with Crippen molar-refractivity contribution >= 4 is 33.9 Å². The van der Waals surface area contributed by atoms with Gasteiger partial charge in [-0.3, -0.25) is 15.1 Å². The van der Waals surface area contributed by atoms with Crippen molar-refractivity contribution in [2.24, 2.45) is 0 Å². The quantitative estimate of drug-likeness (QED) is 0.428. The fourth-order valence-corrected chi connectivity index (χ4v) is 2.48. The molecule has 0 fully saturated rings. The molecule has 7 nitrogen and oxygen atoms in total. The van der Waals surface area contributed by atoms with Crippen LogP contribution in [0.2, 0.25) is 0 Å². The molecule has 3 rings (SSSR count). The normalized spacial score (nSPS) is 10.4. The first kappa shape index (κ1) is 16.4. The Morgan fingerprint density at radius 1 is 1.24 bits per heavy atom. The molecule has 1 aromatic heterocycles. The molecule has 1 heterocycles. The Labute approximate surface area is 143 Å². The Hall–Kier alpha value is -3.48. The first-order valence-corrected chi connectivity index (χ1v) is 7.66. The first-order valence-electron chi connectivity index (χ1n) is 7.66. The van der Waals surface area contributed by atoms with Crippen LogP contribution < -0.4 is 5.32 Å². The van der Waals surface area contributed by atoms with Crippen LogP contribution in [-0.4, -0.2) is 22.5 Å². The van der Waals surface area contributed by atoms with Crippen molar-refractivity contribution < 1.29 is 14.5 Å². The predicted molar refractivity (Wildman–Crippen MR) is 94.1 cm³/mol. The summed E-state index contributed by atoms with van der Waals surface area (Å²) < 4.78 is 5.09. The number of nitrogens with one attached hydrogen (secondary N) is 1. The summed E-state index contributed by atoms with van der Waals surface area (Å²) in [6.07, 6.45) is 1.44. The maximum absolute atomic E-state index is 12.3. The molecule has 0 spiro atoms. The SMILES string of the molecule is CCOC(=O)c1cnc2ccccc2c1Nc1cccc([N+](=O)[O-])c1. The highest BCUT2D eigenvalue weighted by Gasteiger charge is 2.17. The van der Waals surface area contributed by atoms with E-state index in [9.17, 15) is 14.9 Å². The minimum Gasteiger partial charge on any atom is -0.462 e. The number of aromatic nitrogens is 1. The lowest BCUT2D eigenvalue weighted by atomic mass is 10.1. The van der Waals surface area contributed by atoms with Gasteiger partial charge in [-0.25, -0.2) is 4.79 Å². The number of pyridine rings is 1. The van der Waals surface area contributed by atoms with Crippen LogP contribution in [0.25, 0.3) is 10.9 Å². The predicted octanol–water partition coefficient (Wildman–Crippen LogP) is 4.06. The number of rotatable bonds is 5. The van der Waals surface area contributed by atoms with Gasteiger partial charge in [0.15, 0.2) is 0 Å². The van der Waals surface area contributed by atoms with Crippen molar-refractivity contribution in [3.05, 3.63) is 70.4 Å². The lowest BCUT2D eigenvalue weighted by Crippen LogP contribution is -2.09. The van der Waals surface area contributed by atoms with Crippen molar-refractivity contribution in [1.29, 1.82) is 0 Å². The van der Waals surface area contributed by atoms with Crippen LogP contribution >= 0.6 is 0 Å². The molecule has 0 aliphatic carbocycles. The van der Waals surface area contributed by atoms with E-state index in [1.54, 1.807) is 19.1 Å². The Balaban J connectivity index is 2.12. The monoisotopic (exact) mass is 337 g/mol. The third kappa shape index (κ3) is 3.40. The first-order chi connectivity index (χ1) is 12.1. The van der Waals surface area contributed by atoms with E-state index in [1.165, 1.54) is 18.3 Å². The standard InChI is InChI=1S/C18H15N3O4/c1-2-25-18(22)15-11-19-16-9-4-3-8-14(16)17(15)20-12-6-5-7-13(10-12)21(23)24/h3-11H,2H2,1H3,(H,19,20). The van der Waals surface area contributed by atoms with E-state index in [1.807, 2.05) is 24.3 Å². The molecular formula is C18H15N3O4. The van der Waals surface area contributed by atoms with E-state index in [2.05, 4.69) is 10.3 Å². The van der Waals surface area contributed by atoms with Gasteiger partial charge in [-0.05, 0) is 19.1 Å². The Morgan fingerprint density at radius 3 is 2.80 bits per heavy atom. The number of nitro groups is 1. The Morgan fingerprint density at radius 2 is 2.04 bits per heavy atom. The van der Waals surface area contributed by atoms with Crippen LogP contribution in [0.1, 0.15) is 17.3 Å². The number of ether oxygens (including phenoxy) is 1. The van der Waals surface area contributed by atoms with Gasteiger partial charge in [0.05, 0.1) is 22.7 Å². The largest absolute Gasteiger partial charge is 0.462 e. The van der Waals surface area contributed by atoms with Crippen molar-refractivity contribution in [3.63, 3.8) is 0 Å². The summed E-state index contributed by atoms with van der Waals surface area (Å²) in [6.45, 7) is 1.96. The molecule has 0 radical (unpaired) electrons. The number of nitrogens with zero attached hydrogens (tertiary/aromatic N) is 2. The van der Waals surface area contributed by atoms with Gasteiger partial charge >= 0.3 is 5.97 Å². The molecule has 25 heavy (non-hydrogen) atoms.